The van der Waals surface area contributed by atoms with E-state index in [9.17, 15) is 14.4 Å². The summed E-state index contributed by atoms with van der Waals surface area (Å²) >= 11 is 0. The van der Waals surface area contributed by atoms with Crippen LogP contribution in [0.1, 0.15) is 21.7 Å². The van der Waals surface area contributed by atoms with E-state index >= 15 is 0 Å². The first-order valence-corrected chi connectivity index (χ1v) is 8.80. The first kappa shape index (κ1) is 18.2. The van der Waals surface area contributed by atoms with Gasteiger partial charge in [-0.3, -0.25) is 15.0 Å². The number of benzene rings is 2. The van der Waals surface area contributed by atoms with Gasteiger partial charge in [0.2, 0.25) is 0 Å². The molecule has 7 heteroatoms. The monoisotopic (exact) mass is 388 g/mol. The minimum atomic E-state index is -1.01. The minimum absolute atomic E-state index is 0.0337. The molecule has 4 rings (SSSR count). The van der Waals surface area contributed by atoms with Crippen LogP contribution in [0.2, 0.25) is 0 Å². The van der Waals surface area contributed by atoms with Gasteiger partial charge in [-0.1, -0.05) is 24.3 Å². The van der Waals surface area contributed by atoms with Crippen molar-refractivity contribution in [2.75, 3.05) is 5.01 Å². The largest absolute Gasteiger partial charge is 0.478 e. The first-order valence-electron chi connectivity index (χ1n) is 8.80. The number of nitrogens with one attached hydrogen (secondary N) is 1. The maximum Gasteiger partial charge on any atom is 0.335 e. The van der Waals surface area contributed by atoms with Gasteiger partial charge in [-0.25, -0.2) is 9.80 Å². The summed E-state index contributed by atoms with van der Waals surface area (Å²) in [7, 11) is 0. The van der Waals surface area contributed by atoms with Crippen molar-refractivity contribution in [3.05, 3.63) is 83.1 Å². The number of hydrogen-bond acceptors (Lipinski definition) is 4. The van der Waals surface area contributed by atoms with Crippen molar-refractivity contribution in [3.8, 4) is 11.3 Å². The maximum absolute atomic E-state index is 12.7. The lowest BCUT2D eigenvalue weighted by Crippen LogP contribution is -2.35. The highest BCUT2D eigenvalue weighted by molar-refractivity contribution is 6.31. The molecule has 1 aliphatic rings. The Morgan fingerprint density at radius 3 is 2.52 bits per heavy atom. The minimum Gasteiger partial charge on any atom is -0.478 e. The van der Waals surface area contributed by atoms with Crippen molar-refractivity contribution in [3.63, 3.8) is 0 Å². The lowest BCUT2D eigenvalue weighted by molar-refractivity contribution is -0.117. The third-order valence-corrected chi connectivity index (χ3v) is 4.48. The van der Waals surface area contributed by atoms with E-state index in [0.29, 0.717) is 22.8 Å². The molecule has 0 radical (unpaired) electrons. The van der Waals surface area contributed by atoms with Gasteiger partial charge in [-0.2, -0.15) is 0 Å². The van der Waals surface area contributed by atoms with E-state index in [4.69, 9.17) is 9.52 Å². The smallest absolute Gasteiger partial charge is 0.335 e. The summed E-state index contributed by atoms with van der Waals surface area (Å²) in [6.45, 7) is 1.90. The van der Waals surface area contributed by atoms with E-state index in [-0.39, 0.29) is 11.1 Å². The van der Waals surface area contributed by atoms with E-state index in [2.05, 4.69) is 5.43 Å². The average Bonchev–Trinajstić information content (AvgIpc) is 3.28. The fourth-order valence-corrected chi connectivity index (χ4v) is 3.01. The SMILES string of the molecule is Cc1cccc(N2NC(=O)/C(=C\c3ccc(-c4ccc(C(=O)O)cc4)o3)C2=O)c1. The Balaban J connectivity index is 1.59. The number of aryl methyl sites for hydroxylation is 1. The van der Waals surface area contributed by atoms with Crippen LogP contribution in [0.25, 0.3) is 17.4 Å². The van der Waals surface area contributed by atoms with Gasteiger partial charge in [-0.05, 0) is 55.0 Å². The van der Waals surface area contributed by atoms with Gasteiger partial charge in [0.15, 0.2) is 0 Å². The van der Waals surface area contributed by atoms with Crippen molar-refractivity contribution in [1.82, 2.24) is 5.43 Å². The zero-order valence-electron chi connectivity index (χ0n) is 15.4. The molecule has 0 spiro atoms. The number of hydrogen-bond donors (Lipinski definition) is 2. The summed E-state index contributed by atoms with van der Waals surface area (Å²) in [5.41, 5.74) is 4.91. The molecule has 1 aliphatic heterocycles. The van der Waals surface area contributed by atoms with E-state index in [1.807, 2.05) is 13.0 Å². The third kappa shape index (κ3) is 3.53. The van der Waals surface area contributed by atoms with Crippen LogP contribution in [0.4, 0.5) is 5.69 Å². The molecule has 7 nitrogen and oxygen atoms in total. The van der Waals surface area contributed by atoms with Crippen LogP contribution in [0, 0.1) is 6.92 Å². The van der Waals surface area contributed by atoms with Crippen molar-refractivity contribution in [2.45, 2.75) is 6.92 Å². The Morgan fingerprint density at radius 2 is 1.83 bits per heavy atom. The van der Waals surface area contributed by atoms with Gasteiger partial charge in [-0.15, -0.1) is 0 Å². The number of amides is 2. The molecular weight excluding hydrogens is 372 g/mol. The summed E-state index contributed by atoms with van der Waals surface area (Å²) in [4.78, 5) is 35.9. The van der Waals surface area contributed by atoms with Gasteiger partial charge in [0.25, 0.3) is 11.8 Å². The summed E-state index contributed by atoms with van der Waals surface area (Å²) < 4.78 is 5.71. The molecule has 2 amide bonds. The van der Waals surface area contributed by atoms with Crippen molar-refractivity contribution < 1.29 is 23.9 Å². The van der Waals surface area contributed by atoms with Gasteiger partial charge >= 0.3 is 5.97 Å². The molecule has 0 saturated carbocycles. The summed E-state index contributed by atoms with van der Waals surface area (Å²) in [6, 6.07) is 16.8. The average molecular weight is 388 g/mol. The number of hydrazine groups is 1. The number of carbonyl (C=O) groups is 3. The molecule has 0 aliphatic carbocycles. The highest BCUT2D eigenvalue weighted by atomic mass is 16.4. The molecule has 2 heterocycles. The van der Waals surface area contributed by atoms with Crippen LogP contribution in [0.3, 0.4) is 0 Å². The van der Waals surface area contributed by atoms with E-state index in [1.165, 1.54) is 23.2 Å². The predicted molar refractivity (Wildman–Crippen MR) is 106 cm³/mol. The standard InChI is InChI=1S/C22H16N2O5/c1-13-3-2-4-16(11-13)24-21(26)18(20(25)23-24)12-17-9-10-19(29-17)14-5-7-15(8-6-14)22(27)28/h2-12H,1H3,(H,23,25)(H,27,28)/b18-12+. The second-order valence-electron chi connectivity index (χ2n) is 6.56. The molecule has 1 fully saturated rings. The lowest BCUT2D eigenvalue weighted by atomic mass is 10.1. The Kier molecular flexibility index (Phi) is 4.48. The molecule has 1 saturated heterocycles. The van der Waals surface area contributed by atoms with Crippen LogP contribution >= 0.6 is 0 Å². The maximum atomic E-state index is 12.7. The predicted octanol–water partition coefficient (Wildman–Crippen LogP) is 3.41. The molecule has 29 heavy (non-hydrogen) atoms. The second kappa shape index (κ2) is 7.12. The number of carbonyl (C=O) groups excluding carboxylic acids is 2. The highest BCUT2D eigenvalue weighted by Crippen LogP contribution is 2.26. The van der Waals surface area contributed by atoms with E-state index < -0.39 is 17.8 Å². The Hall–Kier alpha value is -4.13. The Labute approximate surface area is 165 Å². The van der Waals surface area contributed by atoms with Crippen molar-refractivity contribution in [2.24, 2.45) is 0 Å². The number of nitrogens with zero attached hydrogens (tertiary/aromatic N) is 1. The van der Waals surface area contributed by atoms with Crippen molar-refractivity contribution in [1.29, 1.82) is 0 Å². The third-order valence-electron chi connectivity index (χ3n) is 4.48. The molecule has 1 aromatic heterocycles. The second-order valence-corrected chi connectivity index (χ2v) is 6.56. The van der Waals surface area contributed by atoms with Crippen LogP contribution in [0.5, 0.6) is 0 Å². The molecule has 2 aromatic carbocycles. The van der Waals surface area contributed by atoms with Crippen LogP contribution < -0.4 is 10.4 Å². The number of rotatable bonds is 4. The Morgan fingerprint density at radius 1 is 1.07 bits per heavy atom. The molecule has 144 valence electrons. The van der Waals surface area contributed by atoms with Crippen molar-refractivity contribution >= 4 is 29.5 Å². The number of anilines is 1. The van der Waals surface area contributed by atoms with Crippen LogP contribution in [-0.2, 0) is 9.59 Å². The number of aromatic carboxylic acids is 1. The molecule has 0 atom stereocenters. The van der Waals surface area contributed by atoms with E-state index in [0.717, 1.165) is 5.56 Å². The van der Waals surface area contributed by atoms with E-state index in [1.54, 1.807) is 42.5 Å². The molecule has 0 bridgehead atoms. The zero-order valence-corrected chi connectivity index (χ0v) is 15.4. The quantitative estimate of drug-likeness (QED) is 0.527. The summed E-state index contributed by atoms with van der Waals surface area (Å²) in [5.74, 6) is -1.16. The number of carboxylic acid groups (broad SMARTS) is 1. The fraction of sp³-hybridized carbons (Fsp3) is 0.0455. The fourth-order valence-electron chi connectivity index (χ4n) is 3.01. The Bertz CT molecular complexity index is 1160. The zero-order chi connectivity index (χ0) is 20.5. The van der Waals surface area contributed by atoms with Gasteiger partial charge in [0.05, 0.1) is 11.3 Å². The first-order chi connectivity index (χ1) is 13.9. The van der Waals surface area contributed by atoms with Gasteiger partial charge < -0.3 is 9.52 Å². The van der Waals surface area contributed by atoms with Gasteiger partial charge in [0, 0.05) is 5.56 Å². The molecule has 0 unspecified atom stereocenters. The highest BCUT2D eigenvalue weighted by Gasteiger charge is 2.34. The molecular formula is C22H16N2O5. The number of carboxylic acids is 1. The van der Waals surface area contributed by atoms with Gasteiger partial charge in [0.1, 0.15) is 17.1 Å². The number of furan rings is 1. The van der Waals surface area contributed by atoms with Crippen LogP contribution in [-0.4, -0.2) is 22.9 Å². The van der Waals surface area contributed by atoms with Crippen LogP contribution in [0.15, 0.2) is 70.7 Å². The normalized spacial score (nSPS) is 15.1. The topological polar surface area (TPSA) is 99.8 Å². The molecule has 3 aromatic rings. The lowest BCUT2D eigenvalue weighted by Gasteiger charge is -2.14. The summed E-state index contributed by atoms with van der Waals surface area (Å²) in [5, 5.41) is 10.2. The molecule has 2 N–H and O–H groups in total. The summed E-state index contributed by atoms with van der Waals surface area (Å²) in [6.07, 6.45) is 1.39.